The molecule has 19 heavy (non-hydrogen) atoms. The molecule has 0 spiro atoms. The van der Waals surface area contributed by atoms with Crippen molar-refractivity contribution in [2.24, 2.45) is 5.41 Å². The van der Waals surface area contributed by atoms with E-state index in [2.05, 4.69) is 5.32 Å². The lowest BCUT2D eigenvalue weighted by atomic mass is 9.88. The molecule has 0 aromatic heterocycles. The fourth-order valence-electron chi connectivity index (χ4n) is 2.49. The Kier molecular flexibility index (Phi) is 5.59. The molecule has 2 nitrogen and oxygen atoms in total. The topological polar surface area (TPSA) is 29.1 Å². The molecule has 0 heterocycles. The van der Waals surface area contributed by atoms with Crippen LogP contribution in [0.1, 0.15) is 25.7 Å². The molecule has 1 aliphatic rings. The van der Waals surface area contributed by atoms with E-state index in [9.17, 15) is 4.79 Å². The molecule has 0 aliphatic heterocycles. The van der Waals surface area contributed by atoms with Gasteiger partial charge in [0.25, 0.3) is 0 Å². The van der Waals surface area contributed by atoms with E-state index in [0.717, 1.165) is 24.3 Å². The van der Waals surface area contributed by atoms with Crippen LogP contribution >= 0.6 is 23.4 Å². The number of hydrogen-bond donors (Lipinski definition) is 1. The predicted octanol–water partition coefficient (Wildman–Crippen LogP) is 3.69. The zero-order valence-electron chi connectivity index (χ0n) is 11.0. The van der Waals surface area contributed by atoms with Crippen molar-refractivity contribution in [3.8, 4) is 0 Å². The molecule has 0 radical (unpaired) electrons. The maximum Gasteiger partial charge on any atom is 0.230 e. The summed E-state index contributed by atoms with van der Waals surface area (Å²) in [5, 5.41) is 3.04. The molecule has 0 bridgehead atoms. The van der Waals surface area contributed by atoms with Crippen LogP contribution < -0.4 is 5.32 Å². The average Bonchev–Trinajstić information content (AvgIpc) is 2.93. The highest BCUT2D eigenvalue weighted by atomic mass is 35.5. The Labute approximate surface area is 124 Å². The fraction of sp³-hybridized carbons (Fsp3) is 0.533. The van der Waals surface area contributed by atoms with Gasteiger partial charge in [-0.25, -0.2) is 0 Å². The minimum Gasteiger partial charge on any atom is -0.355 e. The van der Waals surface area contributed by atoms with E-state index in [1.807, 2.05) is 30.3 Å². The first kappa shape index (κ1) is 14.7. The van der Waals surface area contributed by atoms with Crippen LogP contribution in [0.2, 0.25) is 0 Å². The second kappa shape index (κ2) is 7.20. The molecule has 0 saturated heterocycles. The van der Waals surface area contributed by atoms with Crippen molar-refractivity contribution in [3.05, 3.63) is 30.3 Å². The highest BCUT2D eigenvalue weighted by Gasteiger charge is 2.33. The summed E-state index contributed by atoms with van der Waals surface area (Å²) in [6.45, 7) is 0.727. The van der Waals surface area contributed by atoms with Gasteiger partial charge in [0.05, 0.1) is 5.75 Å². The first-order chi connectivity index (χ1) is 9.24. The van der Waals surface area contributed by atoms with Crippen molar-refractivity contribution in [1.29, 1.82) is 0 Å². The van der Waals surface area contributed by atoms with Gasteiger partial charge in [0.1, 0.15) is 0 Å². The quantitative estimate of drug-likeness (QED) is 0.641. The number of thioether (sulfide) groups is 1. The van der Waals surface area contributed by atoms with E-state index in [-0.39, 0.29) is 11.3 Å². The highest BCUT2D eigenvalue weighted by molar-refractivity contribution is 8.00. The summed E-state index contributed by atoms with van der Waals surface area (Å²) >= 11 is 7.64. The maximum absolute atomic E-state index is 11.9. The van der Waals surface area contributed by atoms with Crippen molar-refractivity contribution >= 4 is 29.3 Å². The fourth-order valence-corrected chi connectivity index (χ4v) is 3.60. The van der Waals surface area contributed by atoms with Crippen LogP contribution in [-0.2, 0) is 4.79 Å². The van der Waals surface area contributed by atoms with E-state index >= 15 is 0 Å². The number of benzene rings is 1. The van der Waals surface area contributed by atoms with Crippen molar-refractivity contribution in [3.63, 3.8) is 0 Å². The van der Waals surface area contributed by atoms with Crippen LogP contribution in [0.15, 0.2) is 35.2 Å². The summed E-state index contributed by atoms with van der Waals surface area (Å²) in [5.41, 5.74) is 0.147. The third-order valence-electron chi connectivity index (χ3n) is 3.72. The third kappa shape index (κ3) is 4.43. The molecule has 1 amide bonds. The van der Waals surface area contributed by atoms with E-state index in [1.54, 1.807) is 11.8 Å². The van der Waals surface area contributed by atoms with Gasteiger partial charge in [-0.15, -0.1) is 23.4 Å². The van der Waals surface area contributed by atoms with E-state index < -0.39 is 0 Å². The van der Waals surface area contributed by atoms with Crippen molar-refractivity contribution < 1.29 is 4.79 Å². The summed E-state index contributed by atoms with van der Waals surface area (Å²) in [6, 6.07) is 10.0. The van der Waals surface area contributed by atoms with Crippen LogP contribution in [0.3, 0.4) is 0 Å². The van der Waals surface area contributed by atoms with Gasteiger partial charge < -0.3 is 5.32 Å². The van der Waals surface area contributed by atoms with Crippen molar-refractivity contribution in [2.75, 3.05) is 18.2 Å². The van der Waals surface area contributed by atoms with Gasteiger partial charge in [0, 0.05) is 22.7 Å². The van der Waals surface area contributed by atoms with Crippen LogP contribution in [-0.4, -0.2) is 24.1 Å². The van der Waals surface area contributed by atoms with E-state index in [0.29, 0.717) is 11.6 Å². The standard InChI is InChI=1S/C15H20ClNOS/c16-11-15(8-4-5-9-15)12-17-14(18)10-19-13-6-2-1-3-7-13/h1-3,6-7H,4-5,8-12H2,(H,17,18). The van der Waals surface area contributed by atoms with Crippen LogP contribution in [0.25, 0.3) is 0 Å². The summed E-state index contributed by atoms with van der Waals surface area (Å²) in [7, 11) is 0. The molecule has 1 N–H and O–H groups in total. The number of nitrogens with one attached hydrogen (secondary N) is 1. The molecule has 1 fully saturated rings. The summed E-state index contributed by atoms with van der Waals surface area (Å²) in [4.78, 5) is 13.0. The first-order valence-corrected chi connectivity index (χ1v) is 8.27. The maximum atomic E-state index is 11.9. The molecule has 2 rings (SSSR count). The number of hydrogen-bond acceptors (Lipinski definition) is 2. The molecule has 1 aromatic rings. The Bertz CT molecular complexity index is 404. The summed E-state index contributed by atoms with van der Waals surface area (Å²) in [6.07, 6.45) is 4.76. The second-order valence-electron chi connectivity index (χ2n) is 5.22. The number of alkyl halides is 1. The lowest BCUT2D eigenvalue weighted by Gasteiger charge is -2.26. The molecular weight excluding hydrogens is 278 g/mol. The summed E-state index contributed by atoms with van der Waals surface area (Å²) in [5.74, 6) is 1.23. The van der Waals surface area contributed by atoms with Crippen LogP contribution in [0, 0.1) is 5.41 Å². The van der Waals surface area contributed by atoms with Gasteiger partial charge >= 0.3 is 0 Å². The first-order valence-electron chi connectivity index (χ1n) is 6.75. The zero-order valence-corrected chi connectivity index (χ0v) is 12.6. The zero-order chi connectivity index (χ0) is 13.6. The molecule has 104 valence electrons. The van der Waals surface area contributed by atoms with Gasteiger partial charge in [0.15, 0.2) is 0 Å². The predicted molar refractivity (Wildman–Crippen MR) is 81.8 cm³/mol. The van der Waals surface area contributed by atoms with E-state index in [4.69, 9.17) is 11.6 Å². The number of carbonyl (C=O) groups is 1. The van der Waals surface area contributed by atoms with Gasteiger partial charge in [-0.05, 0) is 25.0 Å². The number of amides is 1. The molecule has 1 aromatic carbocycles. The Morgan fingerprint density at radius 3 is 2.58 bits per heavy atom. The SMILES string of the molecule is O=C(CSc1ccccc1)NCC1(CCl)CCCC1. The van der Waals surface area contributed by atoms with Crippen LogP contribution in [0.4, 0.5) is 0 Å². The number of halogens is 1. The largest absolute Gasteiger partial charge is 0.355 e. The third-order valence-corrected chi connectivity index (χ3v) is 5.30. The minimum atomic E-state index is 0.102. The van der Waals surface area contributed by atoms with Gasteiger partial charge in [-0.1, -0.05) is 31.0 Å². The Balaban J connectivity index is 1.72. The minimum absolute atomic E-state index is 0.102. The average molecular weight is 298 g/mol. The van der Waals surface area contributed by atoms with Crippen molar-refractivity contribution in [2.45, 2.75) is 30.6 Å². The second-order valence-corrected chi connectivity index (χ2v) is 6.54. The molecule has 4 heteroatoms. The van der Waals surface area contributed by atoms with Gasteiger partial charge in [-0.3, -0.25) is 4.79 Å². The molecule has 1 saturated carbocycles. The normalized spacial score (nSPS) is 17.3. The Hall–Kier alpha value is -0.670. The molecule has 1 aliphatic carbocycles. The molecule has 0 unspecified atom stereocenters. The van der Waals surface area contributed by atoms with Crippen molar-refractivity contribution in [1.82, 2.24) is 5.32 Å². The lowest BCUT2D eigenvalue weighted by Crippen LogP contribution is -2.37. The van der Waals surface area contributed by atoms with Gasteiger partial charge in [0.2, 0.25) is 5.91 Å². The Morgan fingerprint density at radius 1 is 1.26 bits per heavy atom. The highest BCUT2D eigenvalue weighted by Crippen LogP contribution is 2.38. The Morgan fingerprint density at radius 2 is 1.95 bits per heavy atom. The monoisotopic (exact) mass is 297 g/mol. The number of rotatable bonds is 6. The molecule has 0 atom stereocenters. The van der Waals surface area contributed by atoms with Gasteiger partial charge in [-0.2, -0.15) is 0 Å². The lowest BCUT2D eigenvalue weighted by molar-refractivity contribution is -0.119. The number of carbonyl (C=O) groups excluding carboxylic acids is 1. The summed E-state index contributed by atoms with van der Waals surface area (Å²) < 4.78 is 0. The smallest absolute Gasteiger partial charge is 0.230 e. The van der Waals surface area contributed by atoms with Crippen LogP contribution in [0.5, 0.6) is 0 Å². The molecular formula is C15H20ClNOS. The van der Waals surface area contributed by atoms with E-state index in [1.165, 1.54) is 12.8 Å².